The average Bonchev–Trinajstić information content (AvgIpc) is 3.16. The number of nitrogens with zero attached hydrogens (tertiary/aromatic N) is 2. The van der Waals surface area contributed by atoms with Crippen LogP contribution < -0.4 is 10.1 Å². The van der Waals surface area contributed by atoms with Gasteiger partial charge in [-0.25, -0.2) is 4.39 Å². The maximum absolute atomic E-state index is 13.8. The van der Waals surface area contributed by atoms with E-state index in [1.165, 1.54) is 12.1 Å². The maximum atomic E-state index is 13.8. The lowest BCUT2D eigenvalue weighted by Gasteiger charge is -2.36. The molecule has 7 heteroatoms. The van der Waals surface area contributed by atoms with Gasteiger partial charge in [0.1, 0.15) is 11.6 Å². The molecule has 0 radical (unpaired) electrons. The van der Waals surface area contributed by atoms with Gasteiger partial charge in [-0.15, -0.1) is 0 Å². The zero-order valence-electron chi connectivity index (χ0n) is 20.1. The molecule has 1 saturated heterocycles. The molecule has 1 amide bonds. The summed E-state index contributed by atoms with van der Waals surface area (Å²) in [5.41, 5.74) is 4.19. The molecule has 4 rings (SSSR count). The molecular weight excluding hydrogens is 433 g/mol. The number of carbonyl (C=O) groups is 1. The Balaban J connectivity index is 1.47. The number of aromatic nitrogens is 2. The molecule has 180 valence electrons. The molecule has 1 aliphatic rings. The van der Waals surface area contributed by atoms with Crippen molar-refractivity contribution in [2.45, 2.75) is 39.7 Å². The van der Waals surface area contributed by atoms with Crippen LogP contribution in [0.1, 0.15) is 29.8 Å². The minimum atomic E-state index is -0.509. The van der Waals surface area contributed by atoms with E-state index in [9.17, 15) is 9.18 Å². The molecule has 0 aliphatic carbocycles. The third-order valence-corrected chi connectivity index (χ3v) is 6.61. The third-order valence-electron chi connectivity index (χ3n) is 6.61. The molecule has 0 saturated carbocycles. The normalized spacial score (nSPS) is 15.2. The smallest absolute Gasteiger partial charge is 0.226 e. The Morgan fingerprint density at radius 1 is 1.15 bits per heavy atom. The summed E-state index contributed by atoms with van der Waals surface area (Å²) in [7, 11) is 1.58. The standard InChI is InChI=1S/C27H32FN3O3/c1-19-16-20(2)31(30-19)13-12-29-26(32)27(10-14-34-15-11-27)18-21-4-6-22(7-5-21)24-17-23(28)8-9-25(24)33-3/h4-9,16-17H,10-15,18H2,1-3H3,(H,29,32). The number of carbonyl (C=O) groups excluding carboxylic acids is 1. The SMILES string of the molecule is COc1ccc(F)cc1-c1ccc(CC2(C(=O)NCCn3nc(C)cc3C)CCOCC2)cc1. The number of amides is 1. The fourth-order valence-corrected chi connectivity index (χ4v) is 4.71. The number of hydrogen-bond acceptors (Lipinski definition) is 4. The quantitative estimate of drug-likeness (QED) is 0.533. The van der Waals surface area contributed by atoms with E-state index in [0.29, 0.717) is 56.9 Å². The van der Waals surface area contributed by atoms with Gasteiger partial charge >= 0.3 is 0 Å². The van der Waals surface area contributed by atoms with E-state index in [0.717, 1.165) is 22.5 Å². The Labute approximate surface area is 200 Å². The highest BCUT2D eigenvalue weighted by Crippen LogP contribution is 2.36. The molecule has 34 heavy (non-hydrogen) atoms. The van der Waals surface area contributed by atoms with Crippen LogP contribution in [0.5, 0.6) is 5.75 Å². The van der Waals surface area contributed by atoms with Crippen LogP contribution in [0.3, 0.4) is 0 Å². The molecule has 0 bridgehead atoms. The van der Waals surface area contributed by atoms with Crippen LogP contribution >= 0.6 is 0 Å². The van der Waals surface area contributed by atoms with Gasteiger partial charge in [0.05, 0.1) is 24.8 Å². The molecule has 1 aliphatic heterocycles. The molecule has 1 aromatic heterocycles. The predicted octanol–water partition coefficient (Wildman–Crippen LogP) is 4.47. The monoisotopic (exact) mass is 465 g/mol. The van der Waals surface area contributed by atoms with Gasteiger partial charge < -0.3 is 14.8 Å². The third kappa shape index (κ3) is 5.30. The summed E-state index contributed by atoms with van der Waals surface area (Å²) >= 11 is 0. The lowest BCUT2D eigenvalue weighted by molar-refractivity contribution is -0.136. The summed E-state index contributed by atoms with van der Waals surface area (Å²) in [4.78, 5) is 13.4. The fraction of sp³-hybridized carbons (Fsp3) is 0.407. The molecule has 6 nitrogen and oxygen atoms in total. The number of hydrogen-bond donors (Lipinski definition) is 1. The van der Waals surface area contributed by atoms with Gasteiger partial charge in [-0.1, -0.05) is 24.3 Å². The summed E-state index contributed by atoms with van der Waals surface area (Å²) < 4.78 is 26.7. The van der Waals surface area contributed by atoms with Crippen LogP contribution in [0.15, 0.2) is 48.5 Å². The van der Waals surface area contributed by atoms with Crippen molar-refractivity contribution in [3.63, 3.8) is 0 Å². The topological polar surface area (TPSA) is 65.4 Å². The fourth-order valence-electron chi connectivity index (χ4n) is 4.71. The first-order valence-corrected chi connectivity index (χ1v) is 11.7. The van der Waals surface area contributed by atoms with E-state index in [1.807, 2.05) is 48.9 Å². The van der Waals surface area contributed by atoms with E-state index >= 15 is 0 Å². The Hall–Kier alpha value is -3.19. The van der Waals surface area contributed by atoms with E-state index < -0.39 is 5.41 Å². The van der Waals surface area contributed by atoms with Crippen molar-refractivity contribution in [3.8, 4) is 16.9 Å². The number of aryl methyl sites for hydroxylation is 2. The molecule has 2 aromatic carbocycles. The van der Waals surface area contributed by atoms with Crippen molar-refractivity contribution in [2.24, 2.45) is 5.41 Å². The van der Waals surface area contributed by atoms with E-state index in [-0.39, 0.29) is 11.7 Å². The second-order valence-electron chi connectivity index (χ2n) is 9.02. The number of nitrogens with one attached hydrogen (secondary N) is 1. The van der Waals surface area contributed by atoms with Crippen molar-refractivity contribution >= 4 is 5.91 Å². The number of benzene rings is 2. The summed E-state index contributed by atoms with van der Waals surface area (Å²) in [6.45, 7) is 6.30. The molecule has 0 spiro atoms. The number of ether oxygens (including phenoxy) is 2. The van der Waals surface area contributed by atoms with Crippen LogP contribution in [0.25, 0.3) is 11.1 Å². The van der Waals surface area contributed by atoms with Crippen molar-refractivity contribution in [1.29, 1.82) is 0 Å². The summed E-state index contributed by atoms with van der Waals surface area (Å²) in [5, 5.41) is 7.61. The molecule has 1 N–H and O–H groups in total. The van der Waals surface area contributed by atoms with Gasteiger partial charge in [0.2, 0.25) is 5.91 Å². The molecule has 0 atom stereocenters. The van der Waals surface area contributed by atoms with Gasteiger partial charge in [-0.05, 0) is 68.5 Å². The van der Waals surface area contributed by atoms with Crippen LogP contribution in [0.2, 0.25) is 0 Å². The Morgan fingerprint density at radius 3 is 2.53 bits per heavy atom. The van der Waals surface area contributed by atoms with Crippen LogP contribution in [-0.2, 0) is 22.5 Å². The lowest BCUT2D eigenvalue weighted by Crippen LogP contribution is -2.47. The minimum absolute atomic E-state index is 0.0632. The van der Waals surface area contributed by atoms with Crippen molar-refractivity contribution < 1.29 is 18.7 Å². The molecule has 3 aromatic rings. The zero-order valence-corrected chi connectivity index (χ0v) is 20.1. The highest BCUT2D eigenvalue weighted by molar-refractivity contribution is 5.83. The number of methoxy groups -OCH3 is 1. The number of rotatable bonds is 8. The Kier molecular flexibility index (Phi) is 7.32. The first-order chi connectivity index (χ1) is 16.4. The number of halogens is 1. The van der Waals surface area contributed by atoms with Gasteiger partial charge in [0, 0.05) is 31.0 Å². The van der Waals surface area contributed by atoms with Crippen LogP contribution in [0, 0.1) is 25.1 Å². The molecule has 1 fully saturated rings. The molecule has 2 heterocycles. The Bertz CT molecular complexity index is 1130. The van der Waals surface area contributed by atoms with Gasteiger partial charge in [-0.2, -0.15) is 5.10 Å². The van der Waals surface area contributed by atoms with Crippen LogP contribution in [0.4, 0.5) is 4.39 Å². The second kappa shape index (κ2) is 10.4. The lowest BCUT2D eigenvalue weighted by atomic mass is 9.74. The van der Waals surface area contributed by atoms with E-state index in [2.05, 4.69) is 10.4 Å². The second-order valence-corrected chi connectivity index (χ2v) is 9.02. The average molecular weight is 466 g/mol. The van der Waals surface area contributed by atoms with Gasteiger partial charge in [-0.3, -0.25) is 9.48 Å². The van der Waals surface area contributed by atoms with E-state index in [4.69, 9.17) is 9.47 Å². The van der Waals surface area contributed by atoms with Crippen molar-refractivity contribution in [1.82, 2.24) is 15.1 Å². The van der Waals surface area contributed by atoms with E-state index in [1.54, 1.807) is 13.2 Å². The first kappa shape index (κ1) is 24.0. The molecular formula is C27H32FN3O3. The summed E-state index contributed by atoms with van der Waals surface area (Å²) in [6, 6.07) is 14.5. The zero-order chi connectivity index (χ0) is 24.1. The maximum Gasteiger partial charge on any atom is 0.226 e. The Morgan fingerprint density at radius 2 is 1.88 bits per heavy atom. The summed E-state index contributed by atoms with van der Waals surface area (Å²) in [5.74, 6) is 0.378. The largest absolute Gasteiger partial charge is 0.496 e. The summed E-state index contributed by atoms with van der Waals surface area (Å²) in [6.07, 6.45) is 1.99. The van der Waals surface area contributed by atoms with Crippen molar-refractivity contribution in [3.05, 3.63) is 71.3 Å². The van der Waals surface area contributed by atoms with Crippen molar-refractivity contribution in [2.75, 3.05) is 26.9 Å². The molecule has 0 unspecified atom stereocenters. The minimum Gasteiger partial charge on any atom is -0.496 e. The van der Waals surface area contributed by atoms with Gasteiger partial charge in [0.25, 0.3) is 0 Å². The van der Waals surface area contributed by atoms with Gasteiger partial charge in [0.15, 0.2) is 0 Å². The highest BCUT2D eigenvalue weighted by Gasteiger charge is 2.39. The van der Waals surface area contributed by atoms with Crippen LogP contribution in [-0.4, -0.2) is 42.6 Å². The predicted molar refractivity (Wildman–Crippen MR) is 129 cm³/mol. The first-order valence-electron chi connectivity index (χ1n) is 11.7. The highest BCUT2D eigenvalue weighted by atomic mass is 19.1.